The molecule has 1 aromatic carbocycles. The highest BCUT2D eigenvalue weighted by Crippen LogP contribution is 2.23. The molecule has 1 N–H and O–H groups in total. The van der Waals surface area contributed by atoms with Crippen molar-refractivity contribution in [2.75, 3.05) is 0 Å². The van der Waals surface area contributed by atoms with Gasteiger partial charge in [0.2, 0.25) is 0 Å². The molecule has 0 aliphatic heterocycles. The molecule has 0 aliphatic rings. The van der Waals surface area contributed by atoms with Gasteiger partial charge in [-0.25, -0.2) is 4.98 Å². The van der Waals surface area contributed by atoms with Gasteiger partial charge in [-0.15, -0.1) is 0 Å². The van der Waals surface area contributed by atoms with Crippen molar-refractivity contribution in [2.45, 2.75) is 33.4 Å². The minimum absolute atomic E-state index is 0.250. The number of rotatable bonds is 6. The summed E-state index contributed by atoms with van der Waals surface area (Å²) < 4.78 is 2.01. The predicted molar refractivity (Wildman–Crippen MR) is 97.0 cm³/mol. The van der Waals surface area contributed by atoms with Crippen LogP contribution in [-0.2, 0) is 6.54 Å². The van der Waals surface area contributed by atoms with Crippen molar-refractivity contribution in [3.8, 4) is 5.69 Å². The van der Waals surface area contributed by atoms with Crippen molar-refractivity contribution in [1.82, 2.24) is 19.9 Å². The van der Waals surface area contributed by atoms with E-state index in [2.05, 4.69) is 66.4 Å². The van der Waals surface area contributed by atoms with Crippen LogP contribution in [0, 0.1) is 12.8 Å². The zero-order chi connectivity index (χ0) is 16.9. The van der Waals surface area contributed by atoms with Crippen LogP contribution in [0.1, 0.15) is 36.7 Å². The van der Waals surface area contributed by atoms with Gasteiger partial charge >= 0.3 is 0 Å². The van der Waals surface area contributed by atoms with Crippen molar-refractivity contribution in [3.63, 3.8) is 0 Å². The number of nitrogens with zero attached hydrogens (tertiary/aromatic N) is 3. The summed E-state index contributed by atoms with van der Waals surface area (Å²) in [7, 11) is 0. The van der Waals surface area contributed by atoms with Crippen molar-refractivity contribution in [1.29, 1.82) is 0 Å². The molecule has 124 valence electrons. The first kappa shape index (κ1) is 16.4. The highest BCUT2D eigenvalue weighted by molar-refractivity contribution is 5.34. The first-order valence-electron chi connectivity index (χ1n) is 8.37. The molecule has 4 heteroatoms. The number of nitrogens with one attached hydrogen (secondary N) is 1. The lowest BCUT2D eigenvalue weighted by Crippen LogP contribution is -2.27. The molecule has 0 aliphatic carbocycles. The average molecular weight is 320 g/mol. The van der Waals surface area contributed by atoms with E-state index in [1.807, 2.05) is 29.4 Å². The molecule has 1 atom stereocenters. The first-order valence-corrected chi connectivity index (χ1v) is 8.37. The molecule has 0 spiro atoms. The number of hydrogen-bond donors (Lipinski definition) is 1. The lowest BCUT2D eigenvalue weighted by Gasteiger charge is -2.23. The highest BCUT2D eigenvalue weighted by Gasteiger charge is 2.18. The van der Waals surface area contributed by atoms with Gasteiger partial charge in [0.15, 0.2) is 0 Å². The summed E-state index contributed by atoms with van der Waals surface area (Å²) in [6, 6.07) is 12.9. The van der Waals surface area contributed by atoms with Crippen LogP contribution in [0.5, 0.6) is 0 Å². The summed E-state index contributed by atoms with van der Waals surface area (Å²) in [5.74, 6) is 0.476. The van der Waals surface area contributed by atoms with Crippen LogP contribution < -0.4 is 5.32 Å². The van der Waals surface area contributed by atoms with E-state index >= 15 is 0 Å². The summed E-state index contributed by atoms with van der Waals surface area (Å²) >= 11 is 0. The van der Waals surface area contributed by atoms with E-state index < -0.39 is 0 Å². The van der Waals surface area contributed by atoms with E-state index in [1.54, 1.807) is 6.20 Å². The zero-order valence-electron chi connectivity index (χ0n) is 14.5. The maximum Gasteiger partial charge on any atom is 0.0991 e. The molecule has 24 heavy (non-hydrogen) atoms. The van der Waals surface area contributed by atoms with E-state index in [-0.39, 0.29) is 6.04 Å². The van der Waals surface area contributed by atoms with Crippen LogP contribution in [0.4, 0.5) is 0 Å². The minimum Gasteiger partial charge on any atom is -0.306 e. The summed E-state index contributed by atoms with van der Waals surface area (Å²) in [5, 5.41) is 3.67. The minimum atomic E-state index is 0.250. The predicted octanol–water partition coefficient (Wildman–Crippen LogP) is 4.06. The van der Waals surface area contributed by atoms with E-state index in [0.29, 0.717) is 5.92 Å². The molecular weight excluding hydrogens is 296 g/mol. The molecule has 1 unspecified atom stereocenters. The number of hydrogen-bond acceptors (Lipinski definition) is 3. The summed E-state index contributed by atoms with van der Waals surface area (Å²) in [6.07, 6.45) is 7.43. The van der Waals surface area contributed by atoms with E-state index in [4.69, 9.17) is 0 Å². The normalized spacial score (nSPS) is 12.5. The largest absolute Gasteiger partial charge is 0.306 e. The van der Waals surface area contributed by atoms with Crippen LogP contribution in [0.15, 0.2) is 61.3 Å². The van der Waals surface area contributed by atoms with Crippen LogP contribution in [0.2, 0.25) is 0 Å². The fraction of sp³-hybridized carbons (Fsp3) is 0.300. The molecule has 4 nitrogen and oxygen atoms in total. The lowest BCUT2D eigenvalue weighted by atomic mass is 9.97. The zero-order valence-corrected chi connectivity index (χ0v) is 14.5. The summed E-state index contributed by atoms with van der Waals surface area (Å²) in [5.41, 5.74) is 4.76. The number of benzene rings is 1. The molecule has 0 saturated heterocycles. The number of imidazole rings is 1. The van der Waals surface area contributed by atoms with Gasteiger partial charge in [0, 0.05) is 30.8 Å². The van der Waals surface area contributed by atoms with Crippen molar-refractivity contribution in [3.05, 3.63) is 78.1 Å². The third kappa shape index (κ3) is 3.71. The lowest BCUT2D eigenvalue weighted by molar-refractivity contribution is 0.400. The molecule has 3 aromatic rings. The second kappa shape index (κ2) is 7.41. The number of aromatic nitrogens is 3. The maximum atomic E-state index is 4.59. The molecule has 3 rings (SSSR count). The van der Waals surface area contributed by atoms with Gasteiger partial charge in [-0.1, -0.05) is 32.0 Å². The van der Waals surface area contributed by atoms with Gasteiger partial charge in [0.1, 0.15) is 0 Å². The van der Waals surface area contributed by atoms with Gasteiger partial charge in [0.25, 0.3) is 0 Å². The molecular formula is C20H24N4. The Morgan fingerprint density at radius 3 is 2.50 bits per heavy atom. The highest BCUT2D eigenvalue weighted by atomic mass is 15.0. The van der Waals surface area contributed by atoms with Crippen molar-refractivity contribution < 1.29 is 0 Å². The Kier molecular flexibility index (Phi) is 5.06. The Labute approximate surface area is 143 Å². The molecule has 0 amide bonds. The fourth-order valence-electron chi connectivity index (χ4n) is 2.90. The molecule has 0 radical (unpaired) electrons. The van der Waals surface area contributed by atoms with Crippen LogP contribution in [-0.4, -0.2) is 14.5 Å². The Bertz CT molecular complexity index is 761. The Morgan fingerprint density at radius 2 is 1.88 bits per heavy atom. The standard InChI is InChI=1S/C20H24N4/c1-15(2)19(20-16(3)5-4-10-22-20)23-13-17-6-8-18(9-7-17)24-12-11-21-14-24/h4-12,14-15,19,23H,13H2,1-3H3. The third-order valence-corrected chi connectivity index (χ3v) is 4.28. The topological polar surface area (TPSA) is 42.7 Å². The quantitative estimate of drug-likeness (QED) is 0.744. The fourth-order valence-corrected chi connectivity index (χ4v) is 2.90. The van der Waals surface area contributed by atoms with Gasteiger partial charge < -0.3 is 9.88 Å². The number of aryl methyl sites for hydroxylation is 1. The van der Waals surface area contributed by atoms with Gasteiger partial charge in [-0.05, 0) is 42.2 Å². The van der Waals surface area contributed by atoms with Gasteiger partial charge in [0.05, 0.1) is 18.1 Å². The van der Waals surface area contributed by atoms with Gasteiger partial charge in [-0.3, -0.25) is 4.98 Å². The summed E-state index contributed by atoms with van der Waals surface area (Å²) in [6.45, 7) is 7.41. The Balaban J connectivity index is 1.70. The molecule has 2 aromatic heterocycles. The molecule has 2 heterocycles. The summed E-state index contributed by atoms with van der Waals surface area (Å²) in [4.78, 5) is 8.67. The van der Waals surface area contributed by atoms with Crippen LogP contribution in [0.3, 0.4) is 0 Å². The maximum absolute atomic E-state index is 4.59. The van der Waals surface area contributed by atoms with Crippen molar-refractivity contribution >= 4 is 0 Å². The Hall–Kier alpha value is -2.46. The smallest absolute Gasteiger partial charge is 0.0991 e. The Morgan fingerprint density at radius 1 is 1.08 bits per heavy atom. The first-order chi connectivity index (χ1) is 11.6. The second-order valence-electron chi connectivity index (χ2n) is 6.44. The van der Waals surface area contributed by atoms with E-state index in [9.17, 15) is 0 Å². The van der Waals surface area contributed by atoms with Crippen molar-refractivity contribution in [2.24, 2.45) is 5.92 Å². The molecule has 0 fully saturated rings. The third-order valence-electron chi connectivity index (χ3n) is 4.28. The molecule has 0 saturated carbocycles. The van der Waals surface area contributed by atoms with Gasteiger partial charge in [-0.2, -0.15) is 0 Å². The second-order valence-corrected chi connectivity index (χ2v) is 6.44. The molecule has 0 bridgehead atoms. The number of pyridine rings is 1. The van der Waals surface area contributed by atoms with E-state index in [0.717, 1.165) is 17.9 Å². The van der Waals surface area contributed by atoms with E-state index in [1.165, 1.54) is 11.1 Å². The van der Waals surface area contributed by atoms with Crippen LogP contribution in [0.25, 0.3) is 5.69 Å². The average Bonchev–Trinajstić information content (AvgIpc) is 3.11. The monoisotopic (exact) mass is 320 g/mol. The van der Waals surface area contributed by atoms with Crippen LogP contribution >= 0.6 is 0 Å². The SMILES string of the molecule is Cc1cccnc1C(NCc1ccc(-n2ccnc2)cc1)C(C)C.